The zero-order valence-corrected chi connectivity index (χ0v) is 12.4. The van der Waals surface area contributed by atoms with Crippen LogP contribution >= 0.6 is 0 Å². The number of aromatic amines is 1. The van der Waals surface area contributed by atoms with Crippen molar-refractivity contribution in [2.24, 2.45) is 0 Å². The maximum absolute atomic E-state index is 12.6. The van der Waals surface area contributed by atoms with Crippen molar-refractivity contribution < 1.29 is 4.74 Å². The molecular weight excluding hydrogens is 278 g/mol. The van der Waals surface area contributed by atoms with Crippen molar-refractivity contribution in [1.29, 1.82) is 0 Å². The van der Waals surface area contributed by atoms with Gasteiger partial charge in [-0.2, -0.15) is 0 Å². The number of ether oxygens (including phenoxy) is 1. The predicted octanol–water partition coefficient (Wildman–Crippen LogP) is 2.58. The monoisotopic (exact) mass is 295 g/mol. The molecule has 0 spiro atoms. The third-order valence-electron chi connectivity index (χ3n) is 4.33. The Morgan fingerprint density at radius 1 is 1.18 bits per heavy atom. The lowest BCUT2D eigenvalue weighted by Crippen LogP contribution is -2.24. The highest BCUT2D eigenvalue weighted by molar-refractivity contribution is 5.77. The average molecular weight is 295 g/mol. The van der Waals surface area contributed by atoms with Crippen LogP contribution in [0.5, 0.6) is 5.75 Å². The summed E-state index contributed by atoms with van der Waals surface area (Å²) < 4.78 is 6.75. The molecule has 5 heteroatoms. The minimum Gasteiger partial charge on any atom is -0.497 e. The van der Waals surface area contributed by atoms with Gasteiger partial charge in [0.1, 0.15) is 5.75 Å². The molecule has 2 aromatic heterocycles. The van der Waals surface area contributed by atoms with Crippen molar-refractivity contribution in [3.05, 3.63) is 52.1 Å². The van der Waals surface area contributed by atoms with Crippen molar-refractivity contribution in [2.75, 3.05) is 7.11 Å². The molecule has 0 saturated carbocycles. The summed E-state index contributed by atoms with van der Waals surface area (Å²) >= 11 is 0. The number of hydrogen-bond acceptors (Lipinski definition) is 3. The van der Waals surface area contributed by atoms with E-state index >= 15 is 0 Å². The maximum atomic E-state index is 12.6. The quantitative estimate of drug-likeness (QED) is 0.790. The Balaban J connectivity index is 1.92. The van der Waals surface area contributed by atoms with E-state index in [1.807, 2.05) is 30.5 Å². The Bertz CT molecular complexity index is 891. The lowest BCUT2D eigenvalue weighted by atomic mass is 9.97. The van der Waals surface area contributed by atoms with Crippen LogP contribution in [0.15, 0.2) is 35.3 Å². The summed E-state index contributed by atoms with van der Waals surface area (Å²) in [7, 11) is 1.65. The Kier molecular flexibility index (Phi) is 2.99. The Hall–Kier alpha value is -2.56. The third kappa shape index (κ3) is 1.93. The first-order chi connectivity index (χ1) is 10.8. The number of hydrogen-bond donors (Lipinski definition) is 1. The first-order valence-electron chi connectivity index (χ1n) is 7.54. The third-order valence-corrected chi connectivity index (χ3v) is 4.33. The molecule has 22 heavy (non-hydrogen) atoms. The van der Waals surface area contributed by atoms with Crippen molar-refractivity contribution >= 4 is 5.65 Å². The summed E-state index contributed by atoms with van der Waals surface area (Å²) in [5.74, 6) is 0.811. The van der Waals surface area contributed by atoms with Gasteiger partial charge in [0.25, 0.3) is 5.56 Å². The van der Waals surface area contributed by atoms with Crippen LogP contribution in [0.25, 0.3) is 16.8 Å². The van der Waals surface area contributed by atoms with Gasteiger partial charge in [0.2, 0.25) is 0 Å². The van der Waals surface area contributed by atoms with E-state index in [1.165, 1.54) is 0 Å². The van der Waals surface area contributed by atoms with Gasteiger partial charge in [-0.25, -0.2) is 9.50 Å². The molecule has 4 rings (SSSR count). The largest absolute Gasteiger partial charge is 0.497 e. The number of rotatable bonds is 2. The van der Waals surface area contributed by atoms with Gasteiger partial charge in [0, 0.05) is 17.3 Å². The Morgan fingerprint density at radius 3 is 2.73 bits per heavy atom. The highest BCUT2D eigenvalue weighted by Gasteiger charge is 2.19. The summed E-state index contributed by atoms with van der Waals surface area (Å²) in [6.45, 7) is 0. The molecule has 1 aliphatic rings. The molecule has 0 atom stereocenters. The number of H-pyrrole nitrogens is 1. The first-order valence-corrected chi connectivity index (χ1v) is 7.54. The van der Waals surface area contributed by atoms with E-state index in [-0.39, 0.29) is 5.56 Å². The minimum absolute atomic E-state index is 0.0412. The molecule has 2 heterocycles. The number of nitrogens with zero attached hydrogens (tertiary/aromatic N) is 2. The zero-order valence-electron chi connectivity index (χ0n) is 12.4. The topological polar surface area (TPSA) is 59.4 Å². The molecule has 1 aliphatic carbocycles. The van der Waals surface area contributed by atoms with E-state index in [9.17, 15) is 4.79 Å². The van der Waals surface area contributed by atoms with Gasteiger partial charge in [0.15, 0.2) is 5.65 Å². The number of aryl methyl sites for hydroxylation is 1. The van der Waals surface area contributed by atoms with Crippen LogP contribution in [0.4, 0.5) is 0 Å². The summed E-state index contributed by atoms with van der Waals surface area (Å²) in [6, 6.07) is 7.78. The zero-order chi connectivity index (χ0) is 15.1. The van der Waals surface area contributed by atoms with Crippen LogP contribution < -0.4 is 10.3 Å². The van der Waals surface area contributed by atoms with Gasteiger partial charge in [-0.05, 0) is 43.4 Å². The Morgan fingerprint density at radius 2 is 1.95 bits per heavy atom. The number of methoxy groups -OCH3 is 1. The van der Waals surface area contributed by atoms with Crippen molar-refractivity contribution in [2.45, 2.75) is 25.7 Å². The average Bonchev–Trinajstić information content (AvgIpc) is 2.99. The van der Waals surface area contributed by atoms with Crippen LogP contribution in [0.1, 0.15) is 24.1 Å². The van der Waals surface area contributed by atoms with E-state index in [0.29, 0.717) is 5.65 Å². The molecule has 112 valence electrons. The van der Waals surface area contributed by atoms with Crippen LogP contribution in [-0.4, -0.2) is 21.7 Å². The molecular formula is C17H17N3O2. The summed E-state index contributed by atoms with van der Waals surface area (Å²) in [5.41, 5.74) is 4.53. The molecule has 5 nitrogen and oxygen atoms in total. The van der Waals surface area contributed by atoms with Crippen LogP contribution in [0.3, 0.4) is 0 Å². The highest BCUT2D eigenvalue weighted by atomic mass is 16.5. The molecule has 0 unspecified atom stereocenters. The van der Waals surface area contributed by atoms with E-state index in [2.05, 4.69) is 5.10 Å². The van der Waals surface area contributed by atoms with Gasteiger partial charge < -0.3 is 4.74 Å². The van der Waals surface area contributed by atoms with Crippen LogP contribution in [-0.2, 0) is 12.8 Å². The second-order valence-electron chi connectivity index (χ2n) is 5.62. The fraction of sp³-hybridized carbons (Fsp3) is 0.294. The number of fused-ring (bicyclic) bond motifs is 2. The van der Waals surface area contributed by atoms with Crippen LogP contribution in [0, 0.1) is 0 Å². The van der Waals surface area contributed by atoms with Gasteiger partial charge in [-0.1, -0.05) is 12.1 Å². The van der Waals surface area contributed by atoms with Crippen molar-refractivity contribution in [3.8, 4) is 16.9 Å². The molecule has 0 amide bonds. The van der Waals surface area contributed by atoms with Gasteiger partial charge in [-0.3, -0.25) is 9.89 Å². The summed E-state index contributed by atoms with van der Waals surface area (Å²) in [5, 5.41) is 3.04. The number of benzene rings is 1. The van der Waals surface area contributed by atoms with E-state index < -0.39 is 0 Å². The van der Waals surface area contributed by atoms with Crippen molar-refractivity contribution in [1.82, 2.24) is 14.6 Å². The SMILES string of the molecule is COc1ccc(-c2c[nH]n3c(=O)c4c(nc23)CCCC4)cc1. The molecule has 3 aromatic rings. The van der Waals surface area contributed by atoms with Crippen LogP contribution in [0.2, 0.25) is 0 Å². The smallest absolute Gasteiger partial charge is 0.276 e. The summed E-state index contributed by atoms with van der Waals surface area (Å²) in [4.78, 5) is 17.3. The maximum Gasteiger partial charge on any atom is 0.276 e. The summed E-state index contributed by atoms with van der Waals surface area (Å²) in [6.07, 6.45) is 5.76. The van der Waals surface area contributed by atoms with E-state index in [0.717, 1.165) is 53.8 Å². The molecule has 0 radical (unpaired) electrons. The lowest BCUT2D eigenvalue weighted by molar-refractivity contribution is 0.415. The molecule has 1 aromatic carbocycles. The number of nitrogens with one attached hydrogen (secondary N) is 1. The van der Waals surface area contributed by atoms with E-state index in [4.69, 9.17) is 9.72 Å². The molecule has 0 saturated heterocycles. The molecule has 1 N–H and O–H groups in total. The van der Waals surface area contributed by atoms with Gasteiger partial charge in [-0.15, -0.1) is 0 Å². The normalized spacial score (nSPS) is 14.0. The minimum atomic E-state index is 0.0412. The fourth-order valence-corrected chi connectivity index (χ4v) is 3.13. The molecule has 0 aliphatic heterocycles. The lowest BCUT2D eigenvalue weighted by Gasteiger charge is -2.13. The van der Waals surface area contributed by atoms with Crippen molar-refractivity contribution in [3.63, 3.8) is 0 Å². The van der Waals surface area contributed by atoms with Gasteiger partial charge >= 0.3 is 0 Å². The fourth-order valence-electron chi connectivity index (χ4n) is 3.13. The standard InChI is InChI=1S/C17H17N3O2/c1-22-12-8-6-11(7-9-12)14-10-18-20-16(14)19-15-5-3-2-4-13(15)17(20)21/h6-10,18H,2-5H2,1H3. The highest BCUT2D eigenvalue weighted by Crippen LogP contribution is 2.26. The second kappa shape index (κ2) is 5.02. The predicted molar refractivity (Wildman–Crippen MR) is 84.4 cm³/mol. The van der Waals surface area contributed by atoms with E-state index in [1.54, 1.807) is 11.6 Å². The first kappa shape index (κ1) is 13.1. The molecule has 0 bridgehead atoms. The molecule has 0 fully saturated rings. The number of aromatic nitrogens is 3. The Labute approximate surface area is 127 Å². The van der Waals surface area contributed by atoms with Gasteiger partial charge in [0.05, 0.1) is 12.8 Å². The second-order valence-corrected chi connectivity index (χ2v) is 5.62.